The summed E-state index contributed by atoms with van der Waals surface area (Å²) < 4.78 is 0. The van der Waals surface area contributed by atoms with Crippen molar-refractivity contribution >= 4 is 17.4 Å². The van der Waals surface area contributed by atoms with Crippen LogP contribution in [0.3, 0.4) is 0 Å². The van der Waals surface area contributed by atoms with E-state index in [0.717, 1.165) is 18.4 Å². The molecule has 1 aliphatic rings. The molecule has 1 aromatic rings. The third-order valence-electron chi connectivity index (χ3n) is 3.35. The van der Waals surface area contributed by atoms with Gasteiger partial charge in [0.2, 0.25) is 0 Å². The highest BCUT2D eigenvalue weighted by Crippen LogP contribution is 2.26. The summed E-state index contributed by atoms with van der Waals surface area (Å²) >= 11 is 5.82. The zero-order valence-corrected chi connectivity index (χ0v) is 10.2. The van der Waals surface area contributed by atoms with Crippen molar-refractivity contribution in [3.63, 3.8) is 0 Å². The maximum absolute atomic E-state index is 12.2. The molecule has 86 valence electrons. The second kappa shape index (κ2) is 5.49. The first-order chi connectivity index (χ1) is 7.77. The molecule has 0 heterocycles. The molecule has 1 aromatic carbocycles. The van der Waals surface area contributed by atoms with Crippen LogP contribution in [0.2, 0.25) is 5.02 Å². The Kier molecular flexibility index (Phi) is 4.00. The SMILES string of the molecule is O=C(c1ccc(Cl)cc1)C1CCCCCC1. The predicted octanol–water partition coefficient (Wildman–Crippen LogP) is 4.49. The van der Waals surface area contributed by atoms with Crippen LogP contribution in [0.15, 0.2) is 24.3 Å². The van der Waals surface area contributed by atoms with Crippen LogP contribution in [-0.4, -0.2) is 5.78 Å². The van der Waals surface area contributed by atoms with Crippen LogP contribution in [-0.2, 0) is 0 Å². The lowest BCUT2D eigenvalue weighted by atomic mass is 9.91. The lowest BCUT2D eigenvalue weighted by Gasteiger charge is -2.12. The van der Waals surface area contributed by atoms with Gasteiger partial charge in [0.15, 0.2) is 5.78 Å². The van der Waals surface area contributed by atoms with E-state index in [1.54, 1.807) is 12.1 Å². The van der Waals surface area contributed by atoms with E-state index >= 15 is 0 Å². The monoisotopic (exact) mass is 236 g/mol. The summed E-state index contributed by atoms with van der Waals surface area (Å²) in [5.74, 6) is 0.544. The second-order valence-electron chi connectivity index (χ2n) is 4.56. The highest BCUT2D eigenvalue weighted by molar-refractivity contribution is 6.30. The predicted molar refractivity (Wildman–Crippen MR) is 67.0 cm³/mol. The summed E-state index contributed by atoms with van der Waals surface area (Å²) in [7, 11) is 0. The first kappa shape index (κ1) is 11.7. The Morgan fingerprint density at radius 2 is 1.56 bits per heavy atom. The topological polar surface area (TPSA) is 17.1 Å². The minimum Gasteiger partial charge on any atom is -0.294 e. The van der Waals surface area contributed by atoms with E-state index in [4.69, 9.17) is 11.6 Å². The van der Waals surface area contributed by atoms with Gasteiger partial charge in [0.1, 0.15) is 0 Å². The fourth-order valence-electron chi connectivity index (χ4n) is 2.39. The third kappa shape index (κ3) is 2.85. The summed E-state index contributed by atoms with van der Waals surface area (Å²) in [6.07, 6.45) is 7.08. The Balaban J connectivity index is 2.08. The van der Waals surface area contributed by atoms with Gasteiger partial charge in [0.25, 0.3) is 0 Å². The Morgan fingerprint density at radius 3 is 2.12 bits per heavy atom. The molecule has 2 rings (SSSR count). The first-order valence-corrected chi connectivity index (χ1v) is 6.45. The van der Waals surface area contributed by atoms with Gasteiger partial charge in [-0.05, 0) is 37.1 Å². The van der Waals surface area contributed by atoms with Crippen molar-refractivity contribution in [2.45, 2.75) is 38.5 Å². The van der Waals surface area contributed by atoms with Gasteiger partial charge in [0, 0.05) is 16.5 Å². The number of halogens is 1. The van der Waals surface area contributed by atoms with E-state index in [1.165, 1.54) is 25.7 Å². The van der Waals surface area contributed by atoms with Gasteiger partial charge in [0.05, 0.1) is 0 Å². The van der Waals surface area contributed by atoms with Crippen LogP contribution in [0.4, 0.5) is 0 Å². The van der Waals surface area contributed by atoms with Crippen LogP contribution in [0.25, 0.3) is 0 Å². The molecule has 0 aromatic heterocycles. The number of hydrogen-bond acceptors (Lipinski definition) is 1. The first-order valence-electron chi connectivity index (χ1n) is 6.07. The lowest BCUT2D eigenvalue weighted by molar-refractivity contribution is 0.0908. The van der Waals surface area contributed by atoms with Crippen molar-refractivity contribution in [3.8, 4) is 0 Å². The van der Waals surface area contributed by atoms with E-state index in [2.05, 4.69) is 0 Å². The fraction of sp³-hybridized carbons (Fsp3) is 0.500. The highest BCUT2D eigenvalue weighted by atomic mass is 35.5. The maximum Gasteiger partial charge on any atom is 0.165 e. The van der Waals surface area contributed by atoms with Gasteiger partial charge < -0.3 is 0 Å². The molecule has 0 spiro atoms. The maximum atomic E-state index is 12.2. The normalized spacial score (nSPS) is 18.1. The molecule has 1 saturated carbocycles. The Labute approximate surface area is 102 Å². The molecular weight excluding hydrogens is 220 g/mol. The molecule has 16 heavy (non-hydrogen) atoms. The molecular formula is C14H17ClO. The molecule has 0 aliphatic heterocycles. The largest absolute Gasteiger partial charge is 0.294 e. The molecule has 0 radical (unpaired) electrons. The smallest absolute Gasteiger partial charge is 0.165 e. The Bertz CT molecular complexity index is 348. The van der Waals surface area contributed by atoms with Crippen molar-refractivity contribution in [1.29, 1.82) is 0 Å². The quantitative estimate of drug-likeness (QED) is 0.546. The van der Waals surface area contributed by atoms with Crippen molar-refractivity contribution in [2.24, 2.45) is 5.92 Å². The standard InChI is InChI=1S/C14H17ClO/c15-13-9-7-12(8-10-13)14(16)11-5-3-1-2-4-6-11/h7-11H,1-6H2. The van der Waals surface area contributed by atoms with Crippen LogP contribution in [0.5, 0.6) is 0 Å². The number of hydrogen-bond donors (Lipinski definition) is 0. The number of ketones is 1. The summed E-state index contributed by atoms with van der Waals surface area (Å²) in [5.41, 5.74) is 0.816. The minimum atomic E-state index is 0.240. The molecule has 0 bridgehead atoms. The van der Waals surface area contributed by atoms with E-state index in [9.17, 15) is 4.79 Å². The number of rotatable bonds is 2. The Hall–Kier alpha value is -0.820. The van der Waals surface area contributed by atoms with Crippen molar-refractivity contribution in [1.82, 2.24) is 0 Å². The highest BCUT2D eigenvalue weighted by Gasteiger charge is 2.20. The van der Waals surface area contributed by atoms with E-state index in [0.29, 0.717) is 10.8 Å². The minimum absolute atomic E-state index is 0.240. The molecule has 0 unspecified atom stereocenters. The van der Waals surface area contributed by atoms with Crippen molar-refractivity contribution in [2.75, 3.05) is 0 Å². The van der Waals surface area contributed by atoms with Crippen LogP contribution >= 0.6 is 11.6 Å². The average molecular weight is 237 g/mol. The molecule has 1 nitrogen and oxygen atoms in total. The number of carbonyl (C=O) groups excluding carboxylic acids is 1. The van der Waals surface area contributed by atoms with E-state index in [1.807, 2.05) is 12.1 Å². The van der Waals surface area contributed by atoms with E-state index in [-0.39, 0.29) is 5.92 Å². The molecule has 1 fully saturated rings. The fourth-order valence-corrected chi connectivity index (χ4v) is 2.52. The van der Waals surface area contributed by atoms with Gasteiger partial charge in [-0.1, -0.05) is 37.3 Å². The van der Waals surface area contributed by atoms with Crippen LogP contribution in [0, 0.1) is 5.92 Å². The summed E-state index contributed by atoms with van der Waals surface area (Å²) in [6.45, 7) is 0. The summed E-state index contributed by atoms with van der Waals surface area (Å²) in [4.78, 5) is 12.2. The molecule has 1 aliphatic carbocycles. The molecule has 2 heteroatoms. The molecule has 0 atom stereocenters. The Morgan fingerprint density at radius 1 is 1.00 bits per heavy atom. The van der Waals surface area contributed by atoms with Crippen LogP contribution < -0.4 is 0 Å². The molecule has 0 amide bonds. The van der Waals surface area contributed by atoms with Gasteiger partial charge in [-0.3, -0.25) is 4.79 Å². The number of carbonyl (C=O) groups is 1. The van der Waals surface area contributed by atoms with Gasteiger partial charge in [-0.25, -0.2) is 0 Å². The summed E-state index contributed by atoms with van der Waals surface area (Å²) in [6, 6.07) is 7.28. The van der Waals surface area contributed by atoms with E-state index < -0.39 is 0 Å². The molecule has 0 saturated heterocycles. The number of Topliss-reactive ketones (excluding diaryl/α,β-unsaturated/α-hetero) is 1. The van der Waals surface area contributed by atoms with Crippen molar-refractivity contribution < 1.29 is 4.79 Å². The second-order valence-corrected chi connectivity index (χ2v) is 5.00. The van der Waals surface area contributed by atoms with Crippen LogP contribution in [0.1, 0.15) is 48.9 Å². The molecule has 0 N–H and O–H groups in total. The van der Waals surface area contributed by atoms with Gasteiger partial charge in [-0.15, -0.1) is 0 Å². The van der Waals surface area contributed by atoms with Gasteiger partial charge >= 0.3 is 0 Å². The summed E-state index contributed by atoms with van der Waals surface area (Å²) in [5, 5.41) is 0.692. The lowest BCUT2D eigenvalue weighted by Crippen LogP contribution is -2.13. The third-order valence-corrected chi connectivity index (χ3v) is 3.61. The van der Waals surface area contributed by atoms with Gasteiger partial charge in [-0.2, -0.15) is 0 Å². The average Bonchev–Trinajstić information content (AvgIpc) is 2.57. The zero-order chi connectivity index (χ0) is 11.4. The zero-order valence-electron chi connectivity index (χ0n) is 9.42. The number of benzene rings is 1. The van der Waals surface area contributed by atoms with Crippen molar-refractivity contribution in [3.05, 3.63) is 34.9 Å².